The first kappa shape index (κ1) is 19.2. The van der Waals surface area contributed by atoms with Crippen molar-refractivity contribution in [2.45, 2.75) is 12.8 Å². The zero-order valence-electron chi connectivity index (χ0n) is 16.1. The SMILES string of the molecule is N=C1/C(=C\c2ccc(-c3cccc([N+](=O)[O-])c3)o2)C(=O)N=C2SC(N3CCCC3)=NN12. The summed E-state index contributed by atoms with van der Waals surface area (Å²) in [5, 5.41) is 26.4. The molecule has 0 atom stereocenters. The number of amidine groups is 3. The average Bonchev–Trinajstić information content (AvgIpc) is 3.51. The Balaban J connectivity index is 1.42. The molecule has 1 N–H and O–H groups in total. The van der Waals surface area contributed by atoms with Gasteiger partial charge in [-0.15, -0.1) is 5.10 Å². The van der Waals surface area contributed by atoms with Crippen LogP contribution in [0.5, 0.6) is 0 Å². The summed E-state index contributed by atoms with van der Waals surface area (Å²) in [6, 6.07) is 9.38. The van der Waals surface area contributed by atoms with Crippen LogP contribution in [0.2, 0.25) is 0 Å². The van der Waals surface area contributed by atoms with E-state index in [1.165, 1.54) is 35.0 Å². The Kier molecular flexibility index (Phi) is 4.66. The van der Waals surface area contributed by atoms with Crippen LogP contribution in [0.15, 0.2) is 56.5 Å². The fraction of sp³-hybridized carbons (Fsp3) is 0.200. The highest BCUT2D eigenvalue weighted by Gasteiger charge is 2.37. The number of aliphatic imine (C=N–C) groups is 1. The Morgan fingerprint density at radius 1 is 1.19 bits per heavy atom. The number of fused-ring (bicyclic) bond motifs is 1. The van der Waals surface area contributed by atoms with Crippen molar-refractivity contribution < 1.29 is 14.1 Å². The number of rotatable bonds is 3. The van der Waals surface area contributed by atoms with Crippen LogP contribution in [0.4, 0.5) is 5.69 Å². The highest BCUT2D eigenvalue weighted by molar-refractivity contribution is 8.26. The molecule has 0 radical (unpaired) electrons. The normalized spacial score (nSPS) is 19.7. The molecule has 1 aromatic carbocycles. The first-order chi connectivity index (χ1) is 15.0. The zero-order valence-corrected chi connectivity index (χ0v) is 17.0. The van der Waals surface area contributed by atoms with Crippen LogP contribution >= 0.6 is 11.8 Å². The van der Waals surface area contributed by atoms with E-state index in [1.54, 1.807) is 24.3 Å². The molecular weight excluding hydrogens is 420 g/mol. The Hall–Kier alpha value is -3.73. The van der Waals surface area contributed by atoms with Crippen LogP contribution in [-0.2, 0) is 4.79 Å². The van der Waals surface area contributed by atoms with E-state index in [0.717, 1.165) is 31.1 Å². The van der Waals surface area contributed by atoms with Crippen molar-refractivity contribution >= 4 is 45.6 Å². The number of nitrogens with one attached hydrogen (secondary N) is 1. The van der Waals surface area contributed by atoms with E-state index in [9.17, 15) is 14.9 Å². The van der Waals surface area contributed by atoms with E-state index in [2.05, 4.69) is 15.0 Å². The number of benzene rings is 1. The molecule has 0 bridgehead atoms. The number of likely N-dealkylation sites (tertiary alicyclic amines) is 1. The number of nitro groups is 1. The molecule has 3 aliphatic rings. The lowest BCUT2D eigenvalue weighted by molar-refractivity contribution is -0.384. The fourth-order valence-electron chi connectivity index (χ4n) is 3.52. The van der Waals surface area contributed by atoms with E-state index in [1.807, 2.05) is 0 Å². The van der Waals surface area contributed by atoms with Gasteiger partial charge in [0.1, 0.15) is 11.5 Å². The number of amides is 1. The molecule has 11 heteroatoms. The zero-order chi connectivity index (χ0) is 21.5. The number of nitrogens with zero attached hydrogens (tertiary/aromatic N) is 5. The van der Waals surface area contributed by atoms with Gasteiger partial charge in [-0.2, -0.15) is 10.0 Å². The molecule has 1 saturated heterocycles. The monoisotopic (exact) mass is 436 g/mol. The third kappa shape index (κ3) is 3.52. The lowest BCUT2D eigenvalue weighted by Gasteiger charge is -2.19. The van der Waals surface area contributed by atoms with Crippen molar-refractivity contribution in [1.82, 2.24) is 9.91 Å². The molecule has 0 aliphatic carbocycles. The summed E-state index contributed by atoms with van der Waals surface area (Å²) in [7, 11) is 0. The van der Waals surface area contributed by atoms with Gasteiger partial charge in [-0.05, 0) is 42.8 Å². The summed E-state index contributed by atoms with van der Waals surface area (Å²) in [5.74, 6) is 0.157. The Labute approximate surface area is 180 Å². The van der Waals surface area contributed by atoms with E-state index in [-0.39, 0.29) is 17.1 Å². The summed E-state index contributed by atoms with van der Waals surface area (Å²) in [4.78, 5) is 29.3. The summed E-state index contributed by atoms with van der Waals surface area (Å²) in [5.41, 5.74) is 0.564. The van der Waals surface area contributed by atoms with Crippen molar-refractivity contribution in [3.8, 4) is 11.3 Å². The smallest absolute Gasteiger partial charge is 0.283 e. The standard InChI is InChI=1S/C20H16N6O4S/c21-17-15(18(27)22-19-25(17)23-20(31-19)24-8-1-2-9-24)11-14-6-7-16(30-14)12-4-3-5-13(10-12)26(28)29/h3-7,10-11,21H,1-2,8-9H2/b15-11+,21-17?. The maximum Gasteiger partial charge on any atom is 0.283 e. The molecular formula is C20H16N6O4S. The molecule has 156 valence electrons. The molecule has 1 amide bonds. The van der Waals surface area contributed by atoms with Crippen LogP contribution in [0, 0.1) is 15.5 Å². The number of non-ortho nitro benzene ring substituents is 1. The summed E-state index contributed by atoms with van der Waals surface area (Å²) in [6.45, 7) is 1.81. The molecule has 3 aliphatic heterocycles. The minimum absolute atomic E-state index is 0.0434. The minimum atomic E-state index is -0.532. The lowest BCUT2D eigenvalue weighted by Crippen LogP contribution is -2.35. The predicted molar refractivity (Wildman–Crippen MR) is 117 cm³/mol. The number of hydrogen-bond acceptors (Lipinski definition) is 8. The average molecular weight is 436 g/mol. The third-order valence-corrected chi connectivity index (χ3v) is 6.04. The van der Waals surface area contributed by atoms with Gasteiger partial charge in [0.15, 0.2) is 11.0 Å². The van der Waals surface area contributed by atoms with E-state index in [0.29, 0.717) is 22.3 Å². The molecule has 31 heavy (non-hydrogen) atoms. The van der Waals surface area contributed by atoms with Crippen molar-refractivity contribution in [3.63, 3.8) is 0 Å². The number of carbonyl (C=O) groups excluding carboxylic acids is 1. The van der Waals surface area contributed by atoms with Crippen LogP contribution in [0.1, 0.15) is 18.6 Å². The largest absolute Gasteiger partial charge is 0.457 e. The first-order valence-corrected chi connectivity index (χ1v) is 10.4. The fourth-order valence-corrected chi connectivity index (χ4v) is 4.46. The molecule has 0 spiro atoms. The topological polar surface area (TPSA) is 128 Å². The molecule has 10 nitrogen and oxygen atoms in total. The highest BCUT2D eigenvalue weighted by atomic mass is 32.2. The van der Waals surface area contributed by atoms with Gasteiger partial charge in [0.05, 0.1) is 10.5 Å². The second-order valence-electron chi connectivity index (χ2n) is 7.11. The van der Waals surface area contributed by atoms with Crippen LogP contribution in [0.3, 0.4) is 0 Å². The summed E-state index contributed by atoms with van der Waals surface area (Å²) in [6.07, 6.45) is 3.64. The third-order valence-electron chi connectivity index (χ3n) is 5.08. The molecule has 0 saturated carbocycles. The van der Waals surface area contributed by atoms with Crippen molar-refractivity contribution in [1.29, 1.82) is 5.41 Å². The maximum atomic E-state index is 12.6. The number of hydrazone groups is 1. The number of carbonyl (C=O) groups is 1. The first-order valence-electron chi connectivity index (χ1n) is 9.59. The van der Waals surface area contributed by atoms with Gasteiger partial charge in [0, 0.05) is 30.8 Å². The molecule has 0 unspecified atom stereocenters. The number of thioether (sulfide) groups is 1. The van der Waals surface area contributed by atoms with Crippen molar-refractivity contribution in [2.24, 2.45) is 10.1 Å². The van der Waals surface area contributed by atoms with E-state index < -0.39 is 10.8 Å². The molecule has 4 heterocycles. The highest BCUT2D eigenvalue weighted by Crippen LogP contribution is 2.32. The second-order valence-corrected chi connectivity index (χ2v) is 8.04. The van der Waals surface area contributed by atoms with Gasteiger partial charge in [0.25, 0.3) is 11.6 Å². The van der Waals surface area contributed by atoms with E-state index in [4.69, 9.17) is 9.83 Å². The molecule has 5 rings (SSSR count). The van der Waals surface area contributed by atoms with Gasteiger partial charge in [-0.3, -0.25) is 20.3 Å². The number of furan rings is 1. The molecule has 1 aromatic heterocycles. The van der Waals surface area contributed by atoms with Gasteiger partial charge < -0.3 is 9.32 Å². The second kappa shape index (κ2) is 7.51. The summed E-state index contributed by atoms with van der Waals surface area (Å²) < 4.78 is 5.75. The number of hydrogen-bond donors (Lipinski definition) is 1. The van der Waals surface area contributed by atoms with Crippen LogP contribution in [0.25, 0.3) is 17.4 Å². The summed E-state index contributed by atoms with van der Waals surface area (Å²) >= 11 is 1.30. The molecule has 1 fully saturated rings. The van der Waals surface area contributed by atoms with Gasteiger partial charge >= 0.3 is 0 Å². The van der Waals surface area contributed by atoms with Gasteiger partial charge in [-0.1, -0.05) is 12.1 Å². The quantitative estimate of drug-likeness (QED) is 0.443. The van der Waals surface area contributed by atoms with Gasteiger partial charge in [-0.25, -0.2) is 0 Å². The van der Waals surface area contributed by atoms with Gasteiger partial charge in [0.2, 0.25) is 5.17 Å². The van der Waals surface area contributed by atoms with Crippen molar-refractivity contribution in [3.05, 3.63) is 57.8 Å². The van der Waals surface area contributed by atoms with Crippen LogP contribution < -0.4 is 0 Å². The lowest BCUT2D eigenvalue weighted by atomic mass is 10.1. The Morgan fingerprint density at radius 2 is 2.00 bits per heavy atom. The Bertz CT molecular complexity index is 1210. The van der Waals surface area contributed by atoms with E-state index >= 15 is 0 Å². The predicted octanol–water partition coefficient (Wildman–Crippen LogP) is 3.53. The molecule has 2 aromatic rings. The number of nitro benzene ring substituents is 1. The minimum Gasteiger partial charge on any atom is -0.457 e. The van der Waals surface area contributed by atoms with Crippen molar-refractivity contribution in [2.75, 3.05) is 13.1 Å². The Morgan fingerprint density at radius 3 is 2.77 bits per heavy atom. The van der Waals surface area contributed by atoms with Crippen LogP contribution in [-0.4, -0.2) is 50.0 Å². The maximum absolute atomic E-state index is 12.6.